The number of nitrogens with zero attached hydrogens (tertiary/aromatic N) is 1. The molecule has 0 radical (unpaired) electrons. The topological polar surface area (TPSA) is 57.2 Å². The summed E-state index contributed by atoms with van der Waals surface area (Å²) in [5.41, 5.74) is 0.168. The van der Waals surface area contributed by atoms with E-state index in [2.05, 4.69) is 6.92 Å². The van der Waals surface area contributed by atoms with Gasteiger partial charge in [0.25, 0.3) is 5.91 Å². The van der Waals surface area contributed by atoms with Gasteiger partial charge in [-0.25, -0.2) is 0 Å². The fourth-order valence-electron chi connectivity index (χ4n) is 4.18. The molecule has 0 bridgehead atoms. The first kappa shape index (κ1) is 25.3. The fourth-order valence-corrected chi connectivity index (χ4v) is 4.18. The van der Waals surface area contributed by atoms with Crippen molar-refractivity contribution in [3.05, 3.63) is 59.2 Å². The Hall–Kier alpha value is -2.78. The third kappa shape index (κ3) is 6.27. The van der Waals surface area contributed by atoms with Gasteiger partial charge in [0, 0.05) is 30.7 Å². The molecule has 0 aromatic heterocycles. The van der Waals surface area contributed by atoms with Gasteiger partial charge >= 0.3 is 6.18 Å². The van der Waals surface area contributed by atoms with Crippen LogP contribution in [0.4, 0.5) is 13.2 Å². The molecule has 6 nitrogen and oxygen atoms in total. The highest BCUT2D eigenvalue weighted by Crippen LogP contribution is 2.33. The van der Waals surface area contributed by atoms with Gasteiger partial charge in [-0.15, -0.1) is 0 Å². The second-order valence-corrected chi connectivity index (χ2v) is 9.47. The molecule has 1 amide bonds. The molecule has 2 aliphatic rings. The molecule has 0 spiro atoms. The number of alkyl halides is 3. The van der Waals surface area contributed by atoms with Crippen LogP contribution >= 0.6 is 0 Å². The van der Waals surface area contributed by atoms with E-state index in [1.165, 1.54) is 12.1 Å². The zero-order valence-corrected chi connectivity index (χ0v) is 19.9. The van der Waals surface area contributed by atoms with Gasteiger partial charge in [-0.05, 0) is 54.8 Å². The Balaban J connectivity index is 1.53. The van der Waals surface area contributed by atoms with Crippen LogP contribution in [0.2, 0.25) is 0 Å². The van der Waals surface area contributed by atoms with Gasteiger partial charge in [-0.1, -0.05) is 13.0 Å². The average molecular weight is 494 g/mol. The van der Waals surface area contributed by atoms with Crippen LogP contribution in [0.1, 0.15) is 41.3 Å². The molecule has 9 heteroatoms. The van der Waals surface area contributed by atoms with Crippen molar-refractivity contribution in [3.8, 4) is 11.5 Å². The lowest BCUT2D eigenvalue weighted by atomic mass is 9.90. The fraction of sp³-hybridized carbons (Fsp3) is 0.500. The predicted octanol–water partition coefficient (Wildman–Crippen LogP) is 4.95. The van der Waals surface area contributed by atoms with E-state index >= 15 is 0 Å². The molecule has 35 heavy (non-hydrogen) atoms. The van der Waals surface area contributed by atoms with Crippen molar-refractivity contribution < 1.29 is 36.9 Å². The molecule has 2 saturated heterocycles. The van der Waals surface area contributed by atoms with E-state index in [1.54, 1.807) is 18.1 Å². The van der Waals surface area contributed by atoms with Crippen LogP contribution < -0.4 is 9.47 Å². The molecule has 2 aromatic carbocycles. The number of carbonyl (C=O) groups is 1. The molecule has 2 heterocycles. The van der Waals surface area contributed by atoms with Crippen LogP contribution in [0.5, 0.6) is 11.5 Å². The molecule has 0 aliphatic carbocycles. The number of carbonyl (C=O) groups excluding carboxylic acids is 1. The van der Waals surface area contributed by atoms with Crippen molar-refractivity contribution in [2.24, 2.45) is 5.41 Å². The van der Waals surface area contributed by atoms with Crippen molar-refractivity contribution in [2.45, 2.75) is 38.6 Å². The third-order valence-electron chi connectivity index (χ3n) is 6.27. The van der Waals surface area contributed by atoms with Crippen LogP contribution in [0.15, 0.2) is 42.5 Å². The third-order valence-corrected chi connectivity index (χ3v) is 6.27. The summed E-state index contributed by atoms with van der Waals surface area (Å²) in [5.74, 6) is 0.793. The lowest BCUT2D eigenvalue weighted by molar-refractivity contribution is -0.137. The number of rotatable bonds is 9. The molecule has 2 aromatic rings. The summed E-state index contributed by atoms with van der Waals surface area (Å²) in [7, 11) is 1.56. The van der Waals surface area contributed by atoms with Crippen molar-refractivity contribution >= 4 is 5.91 Å². The van der Waals surface area contributed by atoms with Gasteiger partial charge in [0.15, 0.2) is 11.5 Å². The van der Waals surface area contributed by atoms with E-state index in [0.717, 1.165) is 30.5 Å². The van der Waals surface area contributed by atoms with Crippen LogP contribution in [-0.4, -0.2) is 57.0 Å². The lowest BCUT2D eigenvalue weighted by Gasteiger charge is -2.37. The minimum absolute atomic E-state index is 0.0502. The number of amides is 1. The maximum Gasteiger partial charge on any atom is 0.416 e. The monoisotopic (exact) mass is 493 g/mol. The lowest BCUT2D eigenvalue weighted by Crippen LogP contribution is -2.44. The van der Waals surface area contributed by atoms with Crippen LogP contribution in [0.3, 0.4) is 0 Å². The van der Waals surface area contributed by atoms with E-state index in [4.69, 9.17) is 18.9 Å². The van der Waals surface area contributed by atoms with Gasteiger partial charge in [0.1, 0.15) is 0 Å². The highest BCUT2D eigenvalue weighted by atomic mass is 19.4. The number of methoxy groups -OCH3 is 1. The molecule has 2 fully saturated rings. The Labute approximate surface area is 202 Å². The highest BCUT2D eigenvalue weighted by Gasteiger charge is 2.35. The first-order valence-corrected chi connectivity index (χ1v) is 11.6. The first-order chi connectivity index (χ1) is 16.7. The zero-order valence-electron chi connectivity index (χ0n) is 19.9. The van der Waals surface area contributed by atoms with Crippen LogP contribution in [-0.2, 0) is 22.2 Å². The predicted molar refractivity (Wildman–Crippen MR) is 123 cm³/mol. The Morgan fingerprint density at radius 2 is 1.89 bits per heavy atom. The smallest absolute Gasteiger partial charge is 0.416 e. The van der Waals surface area contributed by atoms with E-state index < -0.39 is 11.7 Å². The molecular formula is C26H30F3NO5. The SMILES string of the molecule is COc1ccc(CN(CC2CCCO2)C(=O)c2ccc(C(F)(F)F)cc2)cc1OCC1(C)COC1. The van der Waals surface area contributed by atoms with Gasteiger partial charge < -0.3 is 23.8 Å². The summed E-state index contributed by atoms with van der Waals surface area (Å²) in [4.78, 5) is 14.9. The normalized spacial score (nSPS) is 19.2. The Morgan fingerprint density at radius 3 is 2.46 bits per heavy atom. The average Bonchev–Trinajstić information content (AvgIpc) is 3.33. The first-order valence-electron chi connectivity index (χ1n) is 11.6. The van der Waals surface area contributed by atoms with E-state index in [0.29, 0.717) is 44.5 Å². The van der Waals surface area contributed by atoms with E-state index in [9.17, 15) is 18.0 Å². The molecule has 1 atom stereocenters. The Morgan fingerprint density at radius 1 is 1.14 bits per heavy atom. The molecule has 190 valence electrons. The standard InChI is InChI=1S/C26H30F3NO5/c1-25(15-33-16-25)17-35-23-12-18(5-10-22(23)32-2)13-30(14-21-4-3-11-34-21)24(31)19-6-8-20(9-7-19)26(27,28)29/h5-10,12,21H,3-4,11,13-17H2,1-2H3. The zero-order chi connectivity index (χ0) is 25.1. The minimum Gasteiger partial charge on any atom is -0.493 e. The maximum absolute atomic E-state index is 13.3. The number of hydrogen-bond acceptors (Lipinski definition) is 5. The van der Waals surface area contributed by atoms with Gasteiger partial charge in [-0.2, -0.15) is 13.2 Å². The summed E-state index contributed by atoms with van der Waals surface area (Å²) < 4.78 is 61.4. The highest BCUT2D eigenvalue weighted by molar-refractivity contribution is 5.94. The minimum atomic E-state index is -4.46. The van der Waals surface area contributed by atoms with Crippen LogP contribution in [0, 0.1) is 5.41 Å². The van der Waals surface area contributed by atoms with Gasteiger partial charge in [-0.3, -0.25) is 4.79 Å². The van der Waals surface area contributed by atoms with E-state index in [1.807, 2.05) is 12.1 Å². The second-order valence-electron chi connectivity index (χ2n) is 9.47. The molecular weight excluding hydrogens is 463 g/mol. The van der Waals surface area contributed by atoms with Crippen molar-refractivity contribution in [1.29, 1.82) is 0 Å². The van der Waals surface area contributed by atoms with Gasteiger partial charge in [0.2, 0.25) is 0 Å². The maximum atomic E-state index is 13.3. The summed E-state index contributed by atoms with van der Waals surface area (Å²) in [6, 6.07) is 9.78. The number of ether oxygens (including phenoxy) is 4. The number of hydrogen-bond donors (Lipinski definition) is 0. The summed E-state index contributed by atoms with van der Waals surface area (Å²) in [6.07, 6.45) is -2.83. The Kier molecular flexibility index (Phi) is 7.56. The van der Waals surface area contributed by atoms with Crippen LogP contribution in [0.25, 0.3) is 0 Å². The molecule has 0 N–H and O–H groups in total. The molecule has 4 rings (SSSR count). The molecule has 1 unspecified atom stereocenters. The number of halogens is 3. The summed E-state index contributed by atoms with van der Waals surface area (Å²) in [5, 5.41) is 0. The van der Waals surface area contributed by atoms with E-state index in [-0.39, 0.29) is 29.5 Å². The molecule has 2 aliphatic heterocycles. The van der Waals surface area contributed by atoms with Crippen molar-refractivity contribution in [1.82, 2.24) is 4.90 Å². The van der Waals surface area contributed by atoms with Crippen molar-refractivity contribution in [3.63, 3.8) is 0 Å². The Bertz CT molecular complexity index is 1010. The van der Waals surface area contributed by atoms with Crippen molar-refractivity contribution in [2.75, 3.05) is 40.1 Å². The van der Waals surface area contributed by atoms with Gasteiger partial charge in [0.05, 0.1) is 38.6 Å². The molecule has 0 saturated carbocycles. The summed E-state index contributed by atoms with van der Waals surface area (Å²) >= 11 is 0. The largest absolute Gasteiger partial charge is 0.493 e. The quantitative estimate of drug-likeness (QED) is 0.495. The number of benzene rings is 2. The second kappa shape index (κ2) is 10.5. The summed E-state index contributed by atoms with van der Waals surface area (Å²) in [6.45, 7) is 5.04.